The van der Waals surface area contributed by atoms with Gasteiger partial charge in [0.15, 0.2) is 16.6 Å². The molecule has 1 N–H and O–H groups in total. The highest BCUT2D eigenvalue weighted by molar-refractivity contribution is 7.13. The molecule has 1 aromatic heterocycles. The van der Waals surface area contributed by atoms with Crippen LogP contribution in [0.1, 0.15) is 11.3 Å². The van der Waals surface area contributed by atoms with Crippen LogP contribution in [0.5, 0.6) is 17.2 Å². The van der Waals surface area contributed by atoms with E-state index in [1.165, 1.54) is 18.4 Å². The fraction of sp³-hybridized carbons (Fsp3) is 0.333. The van der Waals surface area contributed by atoms with Gasteiger partial charge < -0.3 is 19.5 Å². The zero-order chi connectivity index (χ0) is 16.1. The van der Waals surface area contributed by atoms with Crippen LogP contribution in [0.25, 0.3) is 0 Å². The molecule has 2 aromatic rings. The normalized spacial score (nSPS) is 10.2. The SMILES string of the molecule is COc1cc(CC(=O)Nc2nc(C)cs2)cc(OC)c1OC. The van der Waals surface area contributed by atoms with E-state index in [9.17, 15) is 4.79 Å². The number of anilines is 1. The standard InChI is InChI=1S/C15H18N2O4S/c1-9-8-22-15(16-9)17-13(18)7-10-5-11(19-2)14(21-4)12(6-10)20-3/h5-6,8H,7H2,1-4H3,(H,16,17,18). The second kappa shape index (κ2) is 7.13. The summed E-state index contributed by atoms with van der Waals surface area (Å²) in [6.07, 6.45) is 0.190. The molecular weight excluding hydrogens is 304 g/mol. The van der Waals surface area contributed by atoms with Crippen LogP contribution in [0, 0.1) is 6.92 Å². The quantitative estimate of drug-likeness (QED) is 0.885. The Bertz CT molecular complexity index is 644. The Morgan fingerprint density at radius 3 is 2.27 bits per heavy atom. The van der Waals surface area contributed by atoms with Gasteiger partial charge in [0.1, 0.15) is 0 Å². The van der Waals surface area contributed by atoms with Gasteiger partial charge in [-0.3, -0.25) is 4.79 Å². The number of hydrogen-bond acceptors (Lipinski definition) is 6. The number of ether oxygens (including phenoxy) is 3. The minimum absolute atomic E-state index is 0.149. The Morgan fingerprint density at radius 2 is 1.82 bits per heavy atom. The number of rotatable bonds is 6. The predicted molar refractivity (Wildman–Crippen MR) is 85.3 cm³/mol. The zero-order valence-electron chi connectivity index (χ0n) is 12.9. The Kier molecular flexibility index (Phi) is 5.21. The summed E-state index contributed by atoms with van der Waals surface area (Å²) in [5.74, 6) is 1.40. The molecule has 0 radical (unpaired) electrons. The van der Waals surface area contributed by atoms with E-state index in [-0.39, 0.29) is 12.3 Å². The van der Waals surface area contributed by atoms with Gasteiger partial charge in [0.25, 0.3) is 0 Å². The largest absolute Gasteiger partial charge is 0.493 e. The molecule has 1 amide bonds. The monoisotopic (exact) mass is 322 g/mol. The third-order valence-corrected chi connectivity index (χ3v) is 3.83. The summed E-state index contributed by atoms with van der Waals surface area (Å²) in [7, 11) is 4.62. The summed E-state index contributed by atoms with van der Waals surface area (Å²) in [5, 5.41) is 5.25. The number of nitrogens with one attached hydrogen (secondary N) is 1. The van der Waals surface area contributed by atoms with E-state index in [1.54, 1.807) is 26.4 Å². The number of benzene rings is 1. The lowest BCUT2D eigenvalue weighted by Crippen LogP contribution is -2.14. The molecule has 0 aliphatic rings. The van der Waals surface area contributed by atoms with E-state index in [0.29, 0.717) is 22.4 Å². The summed E-state index contributed by atoms with van der Waals surface area (Å²) in [6, 6.07) is 3.52. The average molecular weight is 322 g/mol. The number of aryl methyl sites for hydroxylation is 1. The van der Waals surface area contributed by atoms with Crippen molar-refractivity contribution in [3.63, 3.8) is 0 Å². The zero-order valence-corrected chi connectivity index (χ0v) is 13.7. The Labute approximate surface area is 133 Å². The van der Waals surface area contributed by atoms with Gasteiger partial charge in [-0.25, -0.2) is 4.98 Å². The van der Waals surface area contributed by atoms with Crippen molar-refractivity contribution in [3.8, 4) is 17.2 Å². The molecule has 118 valence electrons. The first-order chi connectivity index (χ1) is 10.6. The number of hydrogen-bond donors (Lipinski definition) is 1. The third kappa shape index (κ3) is 3.67. The van der Waals surface area contributed by atoms with E-state index in [0.717, 1.165) is 11.3 Å². The maximum atomic E-state index is 12.1. The van der Waals surface area contributed by atoms with Gasteiger partial charge in [-0.2, -0.15) is 0 Å². The van der Waals surface area contributed by atoms with Gasteiger partial charge in [-0.15, -0.1) is 11.3 Å². The van der Waals surface area contributed by atoms with E-state index in [4.69, 9.17) is 14.2 Å². The van der Waals surface area contributed by atoms with Crippen molar-refractivity contribution < 1.29 is 19.0 Å². The topological polar surface area (TPSA) is 69.7 Å². The molecule has 2 rings (SSSR count). The smallest absolute Gasteiger partial charge is 0.230 e. The lowest BCUT2D eigenvalue weighted by Gasteiger charge is -2.13. The van der Waals surface area contributed by atoms with Crippen molar-refractivity contribution in [1.29, 1.82) is 0 Å². The number of nitrogens with zero attached hydrogens (tertiary/aromatic N) is 1. The van der Waals surface area contributed by atoms with Crippen molar-refractivity contribution in [1.82, 2.24) is 4.98 Å². The van der Waals surface area contributed by atoms with E-state index >= 15 is 0 Å². The maximum absolute atomic E-state index is 12.1. The first-order valence-electron chi connectivity index (χ1n) is 6.58. The summed E-state index contributed by atoms with van der Waals surface area (Å²) in [4.78, 5) is 16.3. The third-order valence-electron chi connectivity index (χ3n) is 2.95. The van der Waals surface area contributed by atoms with Crippen molar-refractivity contribution in [3.05, 3.63) is 28.8 Å². The number of amides is 1. The fourth-order valence-electron chi connectivity index (χ4n) is 2.00. The minimum Gasteiger partial charge on any atom is -0.493 e. The van der Waals surface area contributed by atoms with Crippen molar-refractivity contribution >= 4 is 22.4 Å². The molecule has 7 heteroatoms. The lowest BCUT2D eigenvalue weighted by molar-refractivity contribution is -0.115. The predicted octanol–water partition coefficient (Wildman–Crippen LogP) is 2.66. The van der Waals surface area contributed by atoms with Crippen LogP contribution < -0.4 is 19.5 Å². The number of thiazole rings is 1. The summed E-state index contributed by atoms with van der Waals surface area (Å²) in [5.41, 5.74) is 1.65. The van der Waals surface area contributed by atoms with E-state index in [1.807, 2.05) is 12.3 Å². The Balaban J connectivity index is 2.16. The highest BCUT2D eigenvalue weighted by Gasteiger charge is 2.15. The average Bonchev–Trinajstić information content (AvgIpc) is 2.90. The van der Waals surface area contributed by atoms with Gasteiger partial charge >= 0.3 is 0 Å². The second-order valence-electron chi connectivity index (χ2n) is 4.55. The second-order valence-corrected chi connectivity index (χ2v) is 5.41. The Hall–Kier alpha value is -2.28. The van der Waals surface area contributed by atoms with Crippen LogP contribution in [-0.2, 0) is 11.2 Å². The molecule has 0 saturated carbocycles. The van der Waals surface area contributed by atoms with Gasteiger partial charge in [0, 0.05) is 5.38 Å². The highest BCUT2D eigenvalue weighted by Crippen LogP contribution is 2.38. The lowest BCUT2D eigenvalue weighted by atomic mass is 10.1. The van der Waals surface area contributed by atoms with Crippen molar-refractivity contribution in [2.75, 3.05) is 26.6 Å². The number of aromatic nitrogens is 1. The fourth-order valence-corrected chi connectivity index (χ4v) is 2.70. The van der Waals surface area contributed by atoms with Crippen LogP contribution in [0.2, 0.25) is 0 Å². The van der Waals surface area contributed by atoms with E-state index in [2.05, 4.69) is 10.3 Å². The molecule has 1 heterocycles. The molecule has 0 aliphatic heterocycles. The molecule has 6 nitrogen and oxygen atoms in total. The van der Waals surface area contributed by atoms with Gasteiger partial charge in [-0.1, -0.05) is 0 Å². The number of carbonyl (C=O) groups excluding carboxylic acids is 1. The summed E-state index contributed by atoms with van der Waals surface area (Å²) in [6.45, 7) is 1.88. The van der Waals surface area contributed by atoms with Crippen LogP contribution in [0.3, 0.4) is 0 Å². The molecule has 22 heavy (non-hydrogen) atoms. The van der Waals surface area contributed by atoms with Gasteiger partial charge in [0.05, 0.1) is 33.4 Å². The molecule has 0 bridgehead atoms. The van der Waals surface area contributed by atoms with E-state index < -0.39 is 0 Å². The highest BCUT2D eigenvalue weighted by atomic mass is 32.1. The van der Waals surface area contributed by atoms with Gasteiger partial charge in [0.2, 0.25) is 11.7 Å². The molecule has 0 fully saturated rings. The van der Waals surface area contributed by atoms with Crippen molar-refractivity contribution in [2.45, 2.75) is 13.3 Å². The van der Waals surface area contributed by atoms with Crippen LogP contribution >= 0.6 is 11.3 Å². The first-order valence-corrected chi connectivity index (χ1v) is 7.46. The molecule has 1 aromatic carbocycles. The van der Waals surface area contributed by atoms with Crippen LogP contribution in [0.4, 0.5) is 5.13 Å². The molecular formula is C15H18N2O4S. The molecule has 0 unspecified atom stereocenters. The Morgan fingerprint density at radius 1 is 1.18 bits per heavy atom. The molecule has 0 spiro atoms. The van der Waals surface area contributed by atoms with Crippen LogP contribution in [-0.4, -0.2) is 32.2 Å². The van der Waals surface area contributed by atoms with Gasteiger partial charge in [-0.05, 0) is 24.6 Å². The summed E-state index contributed by atoms with van der Waals surface area (Å²) >= 11 is 1.40. The number of methoxy groups -OCH3 is 3. The molecule has 0 aliphatic carbocycles. The molecule has 0 atom stereocenters. The molecule has 0 saturated heterocycles. The number of carbonyl (C=O) groups is 1. The van der Waals surface area contributed by atoms with Crippen LogP contribution in [0.15, 0.2) is 17.5 Å². The summed E-state index contributed by atoms with van der Waals surface area (Å²) < 4.78 is 15.8. The first kappa shape index (κ1) is 16.1. The minimum atomic E-state index is -0.149. The van der Waals surface area contributed by atoms with Crippen molar-refractivity contribution in [2.24, 2.45) is 0 Å². The maximum Gasteiger partial charge on any atom is 0.230 e.